The molecule has 0 spiro atoms. The van der Waals surface area contributed by atoms with Gasteiger partial charge in [-0.2, -0.15) is 0 Å². The number of amides is 1. The smallest absolute Gasteiger partial charge is 0.224 e. The Morgan fingerprint density at radius 1 is 1.00 bits per heavy atom. The lowest BCUT2D eigenvalue weighted by Gasteiger charge is -2.06. The van der Waals surface area contributed by atoms with Crippen LogP contribution in [0.1, 0.15) is 23.1 Å². The molecule has 0 atom stereocenters. The first-order valence-corrected chi connectivity index (χ1v) is 6.82. The molecular formula is C17H20N2O. The summed E-state index contributed by atoms with van der Waals surface area (Å²) in [4.78, 5) is 11.9. The van der Waals surface area contributed by atoms with Crippen LogP contribution < -0.4 is 11.1 Å². The quantitative estimate of drug-likeness (QED) is 0.875. The summed E-state index contributed by atoms with van der Waals surface area (Å²) >= 11 is 0. The summed E-state index contributed by atoms with van der Waals surface area (Å²) in [6.45, 7) is 2.57. The van der Waals surface area contributed by atoms with Crippen molar-refractivity contribution in [3.8, 4) is 0 Å². The maximum Gasteiger partial charge on any atom is 0.224 e. The zero-order chi connectivity index (χ0) is 14.4. The fourth-order valence-electron chi connectivity index (χ4n) is 1.96. The van der Waals surface area contributed by atoms with Gasteiger partial charge < -0.3 is 11.1 Å². The molecule has 0 aliphatic heterocycles. The molecule has 0 radical (unpaired) electrons. The van der Waals surface area contributed by atoms with Crippen LogP contribution >= 0.6 is 0 Å². The van der Waals surface area contributed by atoms with E-state index in [2.05, 4.69) is 36.5 Å². The van der Waals surface area contributed by atoms with Crippen molar-refractivity contribution in [2.75, 3.05) is 5.32 Å². The Hall–Kier alpha value is -2.13. The third-order valence-electron chi connectivity index (χ3n) is 3.23. The maximum atomic E-state index is 11.9. The van der Waals surface area contributed by atoms with Gasteiger partial charge in [-0.1, -0.05) is 42.0 Å². The zero-order valence-electron chi connectivity index (χ0n) is 11.7. The molecule has 0 saturated heterocycles. The topological polar surface area (TPSA) is 55.1 Å². The fourth-order valence-corrected chi connectivity index (χ4v) is 1.96. The number of aryl methyl sites for hydroxylation is 2. The standard InChI is InChI=1S/C17H20N2O/c1-13-2-4-14(5-3-13)8-11-17(20)19-16-9-6-15(12-18)7-10-16/h2-7,9-10H,8,11-12,18H2,1H3,(H,19,20). The molecule has 0 unspecified atom stereocenters. The molecule has 0 bridgehead atoms. The summed E-state index contributed by atoms with van der Waals surface area (Å²) in [5, 5.41) is 2.90. The van der Waals surface area contributed by atoms with Gasteiger partial charge in [0.15, 0.2) is 0 Å². The van der Waals surface area contributed by atoms with Gasteiger partial charge in [0.05, 0.1) is 0 Å². The Balaban J connectivity index is 1.84. The molecule has 1 amide bonds. The van der Waals surface area contributed by atoms with Crippen molar-refractivity contribution in [2.24, 2.45) is 5.73 Å². The van der Waals surface area contributed by atoms with Gasteiger partial charge in [0.2, 0.25) is 5.91 Å². The summed E-state index contributed by atoms with van der Waals surface area (Å²) in [5.41, 5.74) is 9.83. The highest BCUT2D eigenvalue weighted by Gasteiger charge is 2.03. The Morgan fingerprint density at radius 3 is 2.20 bits per heavy atom. The molecule has 0 aromatic heterocycles. The third kappa shape index (κ3) is 4.21. The van der Waals surface area contributed by atoms with Gasteiger partial charge in [-0.25, -0.2) is 0 Å². The van der Waals surface area contributed by atoms with Crippen molar-refractivity contribution in [1.29, 1.82) is 0 Å². The highest BCUT2D eigenvalue weighted by atomic mass is 16.1. The molecule has 2 rings (SSSR count). The van der Waals surface area contributed by atoms with E-state index in [4.69, 9.17) is 5.73 Å². The van der Waals surface area contributed by atoms with Crippen LogP contribution in [0.3, 0.4) is 0 Å². The lowest BCUT2D eigenvalue weighted by Crippen LogP contribution is -2.12. The number of rotatable bonds is 5. The van der Waals surface area contributed by atoms with Crippen LogP contribution in [-0.4, -0.2) is 5.91 Å². The van der Waals surface area contributed by atoms with Crippen LogP contribution in [0.25, 0.3) is 0 Å². The van der Waals surface area contributed by atoms with Gasteiger partial charge in [0.25, 0.3) is 0 Å². The predicted molar refractivity (Wildman–Crippen MR) is 82.5 cm³/mol. The van der Waals surface area contributed by atoms with Gasteiger partial charge in [-0.05, 0) is 36.6 Å². The zero-order valence-corrected chi connectivity index (χ0v) is 11.7. The monoisotopic (exact) mass is 268 g/mol. The van der Waals surface area contributed by atoms with E-state index >= 15 is 0 Å². The first kappa shape index (κ1) is 14.3. The van der Waals surface area contributed by atoms with E-state index in [0.717, 1.165) is 17.7 Å². The molecular weight excluding hydrogens is 248 g/mol. The van der Waals surface area contributed by atoms with Crippen LogP contribution in [0.2, 0.25) is 0 Å². The van der Waals surface area contributed by atoms with E-state index in [0.29, 0.717) is 13.0 Å². The second-order valence-corrected chi connectivity index (χ2v) is 4.93. The van der Waals surface area contributed by atoms with Gasteiger partial charge in [0.1, 0.15) is 0 Å². The van der Waals surface area contributed by atoms with Crippen LogP contribution in [0.4, 0.5) is 5.69 Å². The van der Waals surface area contributed by atoms with Crippen molar-refractivity contribution in [1.82, 2.24) is 0 Å². The van der Waals surface area contributed by atoms with Crippen LogP contribution in [0, 0.1) is 6.92 Å². The molecule has 104 valence electrons. The Bertz CT molecular complexity index is 559. The Kier molecular flexibility index (Phi) is 4.91. The summed E-state index contributed by atoms with van der Waals surface area (Å²) in [6, 6.07) is 15.9. The minimum Gasteiger partial charge on any atom is -0.326 e. The van der Waals surface area contributed by atoms with Crippen molar-refractivity contribution in [2.45, 2.75) is 26.3 Å². The first-order chi connectivity index (χ1) is 9.67. The van der Waals surface area contributed by atoms with Crippen molar-refractivity contribution in [3.63, 3.8) is 0 Å². The lowest BCUT2D eigenvalue weighted by molar-refractivity contribution is -0.116. The molecule has 0 saturated carbocycles. The minimum absolute atomic E-state index is 0.0334. The Morgan fingerprint density at radius 2 is 1.60 bits per heavy atom. The second kappa shape index (κ2) is 6.87. The average molecular weight is 268 g/mol. The van der Waals surface area contributed by atoms with E-state index < -0.39 is 0 Å². The van der Waals surface area contributed by atoms with Crippen molar-refractivity contribution >= 4 is 11.6 Å². The van der Waals surface area contributed by atoms with E-state index in [9.17, 15) is 4.79 Å². The van der Waals surface area contributed by atoms with Crippen LogP contribution in [-0.2, 0) is 17.8 Å². The number of hydrogen-bond donors (Lipinski definition) is 2. The molecule has 2 aromatic rings. The molecule has 20 heavy (non-hydrogen) atoms. The summed E-state index contributed by atoms with van der Waals surface area (Å²) in [6.07, 6.45) is 1.24. The van der Waals surface area contributed by atoms with E-state index in [1.807, 2.05) is 24.3 Å². The number of anilines is 1. The number of benzene rings is 2. The number of carbonyl (C=O) groups excluding carboxylic acids is 1. The number of hydrogen-bond acceptors (Lipinski definition) is 2. The fraction of sp³-hybridized carbons (Fsp3) is 0.235. The molecule has 0 fully saturated rings. The number of nitrogens with two attached hydrogens (primary N) is 1. The highest BCUT2D eigenvalue weighted by Crippen LogP contribution is 2.11. The average Bonchev–Trinajstić information content (AvgIpc) is 2.47. The molecule has 3 heteroatoms. The SMILES string of the molecule is Cc1ccc(CCC(=O)Nc2ccc(CN)cc2)cc1. The molecule has 0 heterocycles. The summed E-state index contributed by atoms with van der Waals surface area (Å²) in [7, 11) is 0. The number of carbonyl (C=O) groups is 1. The summed E-state index contributed by atoms with van der Waals surface area (Å²) < 4.78 is 0. The Labute approximate surface area is 119 Å². The van der Waals surface area contributed by atoms with Crippen molar-refractivity contribution in [3.05, 3.63) is 65.2 Å². The van der Waals surface area contributed by atoms with E-state index in [1.54, 1.807) is 0 Å². The maximum absolute atomic E-state index is 11.9. The molecule has 3 nitrogen and oxygen atoms in total. The largest absolute Gasteiger partial charge is 0.326 e. The molecule has 2 aromatic carbocycles. The first-order valence-electron chi connectivity index (χ1n) is 6.82. The minimum atomic E-state index is 0.0334. The van der Waals surface area contributed by atoms with Gasteiger partial charge >= 0.3 is 0 Å². The number of nitrogens with one attached hydrogen (secondary N) is 1. The highest BCUT2D eigenvalue weighted by molar-refractivity contribution is 5.90. The molecule has 0 aliphatic carbocycles. The van der Waals surface area contributed by atoms with Gasteiger partial charge in [-0.15, -0.1) is 0 Å². The molecule has 3 N–H and O–H groups in total. The van der Waals surface area contributed by atoms with E-state index in [1.165, 1.54) is 11.1 Å². The predicted octanol–water partition coefficient (Wildman–Crippen LogP) is 3.03. The van der Waals surface area contributed by atoms with Gasteiger partial charge in [-0.3, -0.25) is 4.79 Å². The summed E-state index contributed by atoms with van der Waals surface area (Å²) in [5.74, 6) is 0.0334. The third-order valence-corrected chi connectivity index (χ3v) is 3.23. The molecule has 0 aliphatic rings. The lowest BCUT2D eigenvalue weighted by atomic mass is 10.1. The van der Waals surface area contributed by atoms with E-state index in [-0.39, 0.29) is 5.91 Å². The normalized spacial score (nSPS) is 10.3. The van der Waals surface area contributed by atoms with Crippen molar-refractivity contribution < 1.29 is 4.79 Å². The van der Waals surface area contributed by atoms with Crippen LogP contribution in [0.5, 0.6) is 0 Å². The van der Waals surface area contributed by atoms with Gasteiger partial charge in [0, 0.05) is 18.7 Å². The second-order valence-electron chi connectivity index (χ2n) is 4.93. The van der Waals surface area contributed by atoms with Crippen LogP contribution in [0.15, 0.2) is 48.5 Å².